The average Bonchev–Trinajstić information content (AvgIpc) is 2.55. The van der Waals surface area contributed by atoms with Crippen molar-refractivity contribution in [2.24, 2.45) is 0 Å². The normalized spacial score (nSPS) is 11.8. The van der Waals surface area contributed by atoms with E-state index in [-0.39, 0.29) is 17.0 Å². The third kappa shape index (κ3) is 4.84. The van der Waals surface area contributed by atoms with Gasteiger partial charge in [-0.05, 0) is 49.9 Å². The summed E-state index contributed by atoms with van der Waals surface area (Å²) in [5.74, 6) is 0.199. The molecule has 1 amide bonds. The summed E-state index contributed by atoms with van der Waals surface area (Å²) >= 11 is 0. The fourth-order valence-corrected chi connectivity index (χ4v) is 2.59. The van der Waals surface area contributed by atoms with Crippen LogP contribution in [-0.2, 0) is 10.2 Å². The molecule has 2 aromatic rings. The fraction of sp³-hybridized carbons (Fsp3) is 0.381. The molecule has 0 saturated heterocycles. The monoisotopic (exact) mass is 370 g/mol. The molecule has 0 radical (unpaired) electrons. The van der Waals surface area contributed by atoms with Crippen molar-refractivity contribution in [1.29, 1.82) is 0 Å². The van der Waals surface area contributed by atoms with Gasteiger partial charge in [0.25, 0.3) is 11.6 Å². The van der Waals surface area contributed by atoms with Crippen LogP contribution in [-0.4, -0.2) is 16.4 Å². The predicted octanol–water partition coefficient (Wildman–Crippen LogP) is 5.00. The number of nitrogens with one attached hydrogen (secondary N) is 1. The van der Waals surface area contributed by atoms with Gasteiger partial charge in [0.2, 0.25) is 0 Å². The predicted molar refractivity (Wildman–Crippen MR) is 106 cm³/mol. The number of benzene rings is 2. The second-order valence-electron chi connectivity index (χ2n) is 8.05. The Bertz CT molecular complexity index is 849. The van der Waals surface area contributed by atoms with Crippen LogP contribution in [0.15, 0.2) is 42.5 Å². The highest BCUT2D eigenvalue weighted by atomic mass is 16.6. The maximum absolute atomic E-state index is 12.7. The molecule has 6 heteroatoms. The van der Waals surface area contributed by atoms with Gasteiger partial charge >= 0.3 is 0 Å². The van der Waals surface area contributed by atoms with E-state index in [0.717, 1.165) is 0 Å². The number of hydrogen-bond acceptors (Lipinski definition) is 4. The smallest absolute Gasteiger partial charge is 0.274 e. The topological polar surface area (TPSA) is 81.5 Å². The van der Waals surface area contributed by atoms with Crippen molar-refractivity contribution in [2.45, 2.75) is 52.6 Å². The standard InChI is InChI=1S/C21H26N2O4/c1-14-17(8-7-9-18(14)23(25)26)22-19(24)21(5,6)27-16-12-10-15(11-13-16)20(2,3)4/h7-13H,1-6H3,(H,22,24). The van der Waals surface area contributed by atoms with Crippen molar-refractivity contribution in [3.05, 3.63) is 63.7 Å². The van der Waals surface area contributed by atoms with Gasteiger partial charge in [0.15, 0.2) is 5.60 Å². The van der Waals surface area contributed by atoms with Gasteiger partial charge in [0.1, 0.15) is 5.75 Å². The Balaban J connectivity index is 2.16. The number of nitrogens with zero attached hydrogens (tertiary/aromatic N) is 1. The summed E-state index contributed by atoms with van der Waals surface area (Å²) in [6, 6.07) is 12.2. The first kappa shape index (κ1) is 20.4. The van der Waals surface area contributed by atoms with E-state index in [2.05, 4.69) is 26.1 Å². The van der Waals surface area contributed by atoms with Crippen LogP contribution in [0.2, 0.25) is 0 Å². The zero-order valence-electron chi connectivity index (χ0n) is 16.6. The van der Waals surface area contributed by atoms with Crippen LogP contribution in [0.25, 0.3) is 0 Å². The van der Waals surface area contributed by atoms with Gasteiger partial charge in [-0.15, -0.1) is 0 Å². The largest absolute Gasteiger partial charge is 0.478 e. The molecule has 0 aliphatic rings. The first-order chi connectivity index (χ1) is 12.4. The second kappa shape index (κ2) is 7.39. The zero-order valence-corrected chi connectivity index (χ0v) is 16.6. The summed E-state index contributed by atoms with van der Waals surface area (Å²) in [7, 11) is 0. The molecule has 27 heavy (non-hydrogen) atoms. The number of ether oxygens (including phenoxy) is 1. The molecule has 0 aromatic heterocycles. The molecule has 2 rings (SSSR count). The van der Waals surface area contributed by atoms with E-state index in [1.165, 1.54) is 11.6 Å². The molecule has 6 nitrogen and oxygen atoms in total. The molecule has 1 N–H and O–H groups in total. The molecule has 0 spiro atoms. The van der Waals surface area contributed by atoms with E-state index in [1.54, 1.807) is 32.9 Å². The van der Waals surface area contributed by atoms with Gasteiger partial charge in [-0.2, -0.15) is 0 Å². The number of carbonyl (C=O) groups is 1. The lowest BCUT2D eigenvalue weighted by atomic mass is 9.87. The Hall–Kier alpha value is -2.89. The number of anilines is 1. The van der Waals surface area contributed by atoms with Crippen LogP contribution in [0.4, 0.5) is 11.4 Å². The fourth-order valence-electron chi connectivity index (χ4n) is 2.59. The number of amides is 1. The molecule has 0 bridgehead atoms. The molecule has 0 saturated carbocycles. The number of rotatable bonds is 5. The summed E-state index contributed by atoms with van der Waals surface area (Å²) in [5, 5.41) is 13.8. The zero-order chi connectivity index (χ0) is 20.4. The quantitative estimate of drug-likeness (QED) is 0.593. The number of nitro groups is 1. The number of nitro benzene ring substituents is 1. The molecule has 144 valence electrons. The number of carbonyl (C=O) groups excluding carboxylic acids is 1. The highest BCUT2D eigenvalue weighted by molar-refractivity contribution is 5.98. The van der Waals surface area contributed by atoms with Gasteiger partial charge < -0.3 is 10.1 Å². The molecule has 0 heterocycles. The minimum absolute atomic E-state index is 0.0327. The molecular weight excluding hydrogens is 344 g/mol. The Labute approximate surface area is 159 Å². The van der Waals surface area contributed by atoms with E-state index in [9.17, 15) is 14.9 Å². The van der Waals surface area contributed by atoms with Crippen molar-refractivity contribution in [3.63, 3.8) is 0 Å². The molecule has 0 aliphatic heterocycles. The summed E-state index contributed by atoms with van der Waals surface area (Å²) in [6.07, 6.45) is 0. The SMILES string of the molecule is Cc1c(NC(=O)C(C)(C)Oc2ccc(C(C)(C)C)cc2)cccc1[N+](=O)[O-]. The molecular formula is C21H26N2O4. The van der Waals surface area contributed by atoms with Crippen LogP contribution in [0.5, 0.6) is 5.75 Å². The van der Waals surface area contributed by atoms with E-state index >= 15 is 0 Å². The van der Waals surface area contributed by atoms with E-state index < -0.39 is 10.5 Å². The molecule has 0 atom stereocenters. The Morgan fingerprint density at radius 1 is 1.04 bits per heavy atom. The minimum atomic E-state index is -1.15. The summed E-state index contributed by atoms with van der Waals surface area (Å²) < 4.78 is 5.88. The number of hydrogen-bond donors (Lipinski definition) is 1. The first-order valence-electron chi connectivity index (χ1n) is 8.77. The molecule has 0 fully saturated rings. The lowest BCUT2D eigenvalue weighted by Crippen LogP contribution is -2.42. The average molecular weight is 370 g/mol. The van der Waals surface area contributed by atoms with Crippen LogP contribution in [0.1, 0.15) is 45.7 Å². The lowest BCUT2D eigenvalue weighted by molar-refractivity contribution is -0.385. The second-order valence-corrected chi connectivity index (χ2v) is 8.05. The van der Waals surface area contributed by atoms with Crippen molar-refractivity contribution >= 4 is 17.3 Å². The van der Waals surface area contributed by atoms with Crippen LogP contribution in [0.3, 0.4) is 0 Å². The van der Waals surface area contributed by atoms with Crippen molar-refractivity contribution in [3.8, 4) is 5.75 Å². The molecule has 2 aromatic carbocycles. The summed E-state index contributed by atoms with van der Waals surface area (Å²) in [6.45, 7) is 11.3. The van der Waals surface area contributed by atoms with Crippen molar-refractivity contribution in [2.75, 3.05) is 5.32 Å². The van der Waals surface area contributed by atoms with Crippen molar-refractivity contribution in [1.82, 2.24) is 0 Å². The third-order valence-electron chi connectivity index (χ3n) is 4.39. The lowest BCUT2D eigenvalue weighted by Gasteiger charge is -2.26. The maximum atomic E-state index is 12.7. The molecule has 0 aliphatic carbocycles. The Kier molecular flexibility index (Phi) is 5.59. The van der Waals surface area contributed by atoms with E-state index in [1.807, 2.05) is 24.3 Å². The van der Waals surface area contributed by atoms with Crippen LogP contribution < -0.4 is 10.1 Å². The van der Waals surface area contributed by atoms with E-state index in [4.69, 9.17) is 4.74 Å². The highest BCUT2D eigenvalue weighted by Gasteiger charge is 2.31. The Morgan fingerprint density at radius 3 is 2.15 bits per heavy atom. The van der Waals surface area contributed by atoms with Crippen LogP contribution in [0, 0.1) is 17.0 Å². The first-order valence-corrected chi connectivity index (χ1v) is 8.77. The van der Waals surface area contributed by atoms with Gasteiger partial charge in [-0.3, -0.25) is 14.9 Å². The van der Waals surface area contributed by atoms with Gasteiger partial charge in [0.05, 0.1) is 16.2 Å². The molecule has 0 unspecified atom stereocenters. The minimum Gasteiger partial charge on any atom is -0.478 e. The van der Waals surface area contributed by atoms with Gasteiger partial charge in [-0.1, -0.05) is 39.0 Å². The highest BCUT2D eigenvalue weighted by Crippen LogP contribution is 2.28. The summed E-state index contributed by atoms with van der Waals surface area (Å²) in [5.41, 5.74) is 0.814. The third-order valence-corrected chi connectivity index (χ3v) is 4.39. The van der Waals surface area contributed by atoms with Gasteiger partial charge in [-0.25, -0.2) is 0 Å². The van der Waals surface area contributed by atoms with E-state index in [0.29, 0.717) is 17.0 Å². The van der Waals surface area contributed by atoms with Crippen LogP contribution >= 0.6 is 0 Å². The summed E-state index contributed by atoms with van der Waals surface area (Å²) in [4.78, 5) is 23.3. The van der Waals surface area contributed by atoms with Gasteiger partial charge in [0, 0.05) is 6.07 Å². The maximum Gasteiger partial charge on any atom is 0.274 e. The van der Waals surface area contributed by atoms with Crippen molar-refractivity contribution < 1.29 is 14.5 Å². The Morgan fingerprint density at radius 2 is 1.63 bits per heavy atom.